The van der Waals surface area contributed by atoms with Crippen molar-refractivity contribution < 1.29 is 4.79 Å². The molecule has 3 rings (SSSR count). The molecule has 0 aromatic heterocycles. The van der Waals surface area contributed by atoms with E-state index in [1.165, 1.54) is 5.56 Å². The molecule has 1 atom stereocenters. The molecule has 2 aromatic carbocycles. The van der Waals surface area contributed by atoms with Crippen molar-refractivity contribution in [2.45, 2.75) is 25.3 Å². The lowest BCUT2D eigenvalue weighted by atomic mass is 10.0. The van der Waals surface area contributed by atoms with Crippen LogP contribution in [0.2, 0.25) is 0 Å². The van der Waals surface area contributed by atoms with E-state index in [0.29, 0.717) is 0 Å². The minimum Gasteiger partial charge on any atom is -0.337 e. The number of amides is 1. The maximum absolute atomic E-state index is 12.8. The van der Waals surface area contributed by atoms with Crippen LogP contribution in [0.3, 0.4) is 0 Å². The quantitative estimate of drug-likeness (QED) is 0.784. The van der Waals surface area contributed by atoms with Crippen molar-refractivity contribution in [1.29, 1.82) is 0 Å². The minimum absolute atomic E-state index is 0.107. The second kappa shape index (κ2) is 8.81. The molecule has 3 heteroatoms. The zero-order valence-electron chi connectivity index (χ0n) is 15.6. The van der Waals surface area contributed by atoms with Gasteiger partial charge in [0.2, 0.25) is 0 Å². The van der Waals surface area contributed by atoms with E-state index in [9.17, 15) is 4.79 Å². The molecule has 0 radical (unpaired) electrons. The Morgan fingerprint density at radius 3 is 2.62 bits per heavy atom. The van der Waals surface area contributed by atoms with Crippen molar-refractivity contribution in [3.8, 4) is 0 Å². The number of hydrogen-bond acceptors (Lipinski definition) is 2. The SMILES string of the molecule is C=Cc1ccc(C(=O)N(C)[C@@H]2CCCN(CCc3ccccc3)C2)cc1. The predicted molar refractivity (Wildman–Crippen MR) is 108 cm³/mol. The molecular formula is C23H28N2O. The topological polar surface area (TPSA) is 23.6 Å². The number of nitrogens with zero attached hydrogens (tertiary/aromatic N) is 2. The zero-order valence-corrected chi connectivity index (χ0v) is 15.6. The fraction of sp³-hybridized carbons (Fsp3) is 0.348. The lowest BCUT2D eigenvalue weighted by Gasteiger charge is -2.37. The molecular weight excluding hydrogens is 320 g/mol. The van der Waals surface area contributed by atoms with Crippen molar-refractivity contribution in [2.24, 2.45) is 0 Å². The summed E-state index contributed by atoms with van der Waals surface area (Å²) in [6, 6.07) is 18.6. The van der Waals surface area contributed by atoms with Gasteiger partial charge >= 0.3 is 0 Å². The van der Waals surface area contributed by atoms with Gasteiger partial charge in [-0.2, -0.15) is 0 Å². The van der Waals surface area contributed by atoms with Crippen LogP contribution in [-0.2, 0) is 6.42 Å². The minimum atomic E-state index is 0.107. The number of likely N-dealkylation sites (tertiary alicyclic amines) is 1. The van der Waals surface area contributed by atoms with Crippen LogP contribution in [0.1, 0.15) is 34.3 Å². The second-order valence-corrected chi connectivity index (χ2v) is 7.07. The van der Waals surface area contributed by atoms with Gasteiger partial charge in [-0.15, -0.1) is 0 Å². The van der Waals surface area contributed by atoms with E-state index < -0.39 is 0 Å². The molecule has 1 aliphatic rings. The van der Waals surface area contributed by atoms with Gasteiger partial charge in [0.1, 0.15) is 0 Å². The molecule has 0 bridgehead atoms. The van der Waals surface area contributed by atoms with Gasteiger partial charge in [-0.05, 0) is 49.1 Å². The van der Waals surface area contributed by atoms with E-state index in [-0.39, 0.29) is 11.9 Å². The van der Waals surface area contributed by atoms with Crippen molar-refractivity contribution >= 4 is 12.0 Å². The molecule has 0 N–H and O–H groups in total. The average Bonchev–Trinajstić information content (AvgIpc) is 2.72. The summed E-state index contributed by atoms with van der Waals surface area (Å²) in [5, 5.41) is 0. The molecule has 0 saturated carbocycles. The predicted octanol–water partition coefficient (Wildman–Crippen LogP) is 4.11. The van der Waals surface area contributed by atoms with Crippen LogP contribution < -0.4 is 0 Å². The summed E-state index contributed by atoms with van der Waals surface area (Å²) in [7, 11) is 1.94. The maximum atomic E-state index is 12.8. The zero-order chi connectivity index (χ0) is 18.4. The smallest absolute Gasteiger partial charge is 0.253 e. The van der Waals surface area contributed by atoms with E-state index in [0.717, 1.165) is 50.0 Å². The van der Waals surface area contributed by atoms with Crippen LogP contribution in [0.25, 0.3) is 6.08 Å². The summed E-state index contributed by atoms with van der Waals surface area (Å²) >= 11 is 0. The van der Waals surface area contributed by atoms with E-state index in [1.54, 1.807) is 6.08 Å². The highest BCUT2D eigenvalue weighted by Crippen LogP contribution is 2.18. The molecule has 0 aliphatic carbocycles. The fourth-order valence-electron chi connectivity index (χ4n) is 3.61. The third-order valence-electron chi connectivity index (χ3n) is 5.30. The first-order valence-electron chi connectivity index (χ1n) is 9.43. The number of piperidine rings is 1. The third kappa shape index (κ3) is 4.61. The Labute approximate surface area is 156 Å². The molecule has 26 heavy (non-hydrogen) atoms. The van der Waals surface area contributed by atoms with E-state index >= 15 is 0 Å². The molecule has 1 heterocycles. The van der Waals surface area contributed by atoms with Gasteiger partial charge in [-0.1, -0.05) is 55.1 Å². The average molecular weight is 348 g/mol. The van der Waals surface area contributed by atoms with Gasteiger partial charge in [0.15, 0.2) is 0 Å². The molecule has 0 unspecified atom stereocenters. The normalized spacial score (nSPS) is 17.7. The first kappa shape index (κ1) is 18.4. The number of carbonyl (C=O) groups is 1. The van der Waals surface area contributed by atoms with Gasteiger partial charge < -0.3 is 9.80 Å². The van der Waals surface area contributed by atoms with Crippen molar-refractivity contribution in [1.82, 2.24) is 9.80 Å². The number of benzene rings is 2. The second-order valence-electron chi connectivity index (χ2n) is 7.07. The Morgan fingerprint density at radius 1 is 1.19 bits per heavy atom. The molecule has 1 amide bonds. The number of hydrogen-bond donors (Lipinski definition) is 0. The van der Waals surface area contributed by atoms with Crippen LogP contribution in [-0.4, -0.2) is 48.4 Å². The Hall–Kier alpha value is -2.39. The molecule has 1 aliphatic heterocycles. The summed E-state index contributed by atoms with van der Waals surface area (Å²) in [4.78, 5) is 17.2. The third-order valence-corrected chi connectivity index (χ3v) is 5.30. The molecule has 1 saturated heterocycles. The Morgan fingerprint density at radius 2 is 1.92 bits per heavy atom. The van der Waals surface area contributed by atoms with Crippen LogP contribution in [0.4, 0.5) is 0 Å². The maximum Gasteiger partial charge on any atom is 0.253 e. The molecule has 3 nitrogen and oxygen atoms in total. The fourth-order valence-corrected chi connectivity index (χ4v) is 3.61. The standard InChI is InChI=1S/C23H28N2O/c1-3-19-11-13-21(14-12-19)23(26)24(2)22-10-7-16-25(18-22)17-15-20-8-5-4-6-9-20/h3-6,8-9,11-14,22H,1,7,10,15-18H2,2H3/t22-/m1/s1. The summed E-state index contributed by atoms with van der Waals surface area (Å²) in [6.45, 7) is 6.90. The van der Waals surface area contributed by atoms with Gasteiger partial charge in [0, 0.05) is 31.7 Å². The first-order chi connectivity index (χ1) is 12.7. The summed E-state index contributed by atoms with van der Waals surface area (Å²) in [5.41, 5.74) is 3.16. The van der Waals surface area contributed by atoms with Gasteiger partial charge in [0.05, 0.1) is 0 Å². The number of rotatable bonds is 6. The van der Waals surface area contributed by atoms with Gasteiger partial charge in [-0.3, -0.25) is 4.79 Å². The van der Waals surface area contributed by atoms with Gasteiger partial charge in [-0.25, -0.2) is 0 Å². The summed E-state index contributed by atoms with van der Waals surface area (Å²) < 4.78 is 0. The largest absolute Gasteiger partial charge is 0.337 e. The molecule has 2 aromatic rings. The van der Waals surface area contributed by atoms with Crippen molar-refractivity contribution in [2.75, 3.05) is 26.7 Å². The molecule has 1 fully saturated rings. The van der Waals surface area contributed by atoms with Crippen molar-refractivity contribution in [3.05, 3.63) is 77.9 Å². The molecule has 136 valence electrons. The highest BCUT2D eigenvalue weighted by atomic mass is 16.2. The highest BCUT2D eigenvalue weighted by molar-refractivity contribution is 5.94. The number of carbonyl (C=O) groups excluding carboxylic acids is 1. The van der Waals surface area contributed by atoms with Crippen LogP contribution in [0, 0.1) is 0 Å². The Kier molecular flexibility index (Phi) is 6.24. The lowest BCUT2D eigenvalue weighted by molar-refractivity contribution is 0.0619. The monoisotopic (exact) mass is 348 g/mol. The van der Waals surface area contributed by atoms with E-state index in [2.05, 4.69) is 41.8 Å². The lowest BCUT2D eigenvalue weighted by Crippen LogP contribution is -2.48. The summed E-state index contributed by atoms with van der Waals surface area (Å²) in [6.07, 6.45) is 5.08. The van der Waals surface area contributed by atoms with E-state index in [1.807, 2.05) is 36.2 Å². The Balaban J connectivity index is 1.57. The van der Waals surface area contributed by atoms with Crippen LogP contribution >= 0.6 is 0 Å². The number of likely N-dealkylation sites (N-methyl/N-ethyl adjacent to an activating group) is 1. The van der Waals surface area contributed by atoms with Crippen LogP contribution in [0.15, 0.2) is 61.2 Å². The summed E-state index contributed by atoms with van der Waals surface area (Å²) in [5.74, 6) is 0.107. The molecule has 0 spiro atoms. The van der Waals surface area contributed by atoms with Crippen LogP contribution in [0.5, 0.6) is 0 Å². The first-order valence-corrected chi connectivity index (χ1v) is 9.43. The van der Waals surface area contributed by atoms with E-state index in [4.69, 9.17) is 0 Å². The highest BCUT2D eigenvalue weighted by Gasteiger charge is 2.26. The van der Waals surface area contributed by atoms with Gasteiger partial charge in [0.25, 0.3) is 5.91 Å². The van der Waals surface area contributed by atoms with Crippen molar-refractivity contribution in [3.63, 3.8) is 0 Å². The Bertz CT molecular complexity index is 724.